The van der Waals surface area contributed by atoms with Crippen LogP contribution in [0.2, 0.25) is 0 Å². The summed E-state index contributed by atoms with van der Waals surface area (Å²) in [6.07, 6.45) is -4.47. The molecule has 5 nitrogen and oxygen atoms in total. The summed E-state index contributed by atoms with van der Waals surface area (Å²) in [7, 11) is 0.948. The van der Waals surface area contributed by atoms with Crippen LogP contribution in [0.4, 0.5) is 22.0 Å². The molecule has 0 saturated heterocycles. The van der Waals surface area contributed by atoms with Gasteiger partial charge in [-0.2, -0.15) is 26.5 Å². The van der Waals surface area contributed by atoms with Crippen LogP contribution >= 0.6 is 0 Å². The minimum atomic E-state index is -4.97. The maximum atomic E-state index is 14.3. The fourth-order valence-corrected chi connectivity index (χ4v) is 2.24. The second-order valence-electron chi connectivity index (χ2n) is 5.18. The van der Waals surface area contributed by atoms with Gasteiger partial charge in [0.15, 0.2) is 5.56 Å². The molecule has 2 heterocycles. The first-order valence-corrected chi connectivity index (χ1v) is 7.33. The first kappa shape index (κ1) is 19.5. The molecular weight excluding hydrogens is 363 g/mol. The number of hydrogen-bond acceptors (Lipinski definition) is 4. The number of pyridine rings is 2. The number of aryl methyl sites for hydroxylation is 2. The highest BCUT2D eigenvalue weighted by Gasteiger charge is 2.47. The van der Waals surface area contributed by atoms with E-state index >= 15 is 0 Å². The first-order chi connectivity index (χ1) is 12.1. The summed E-state index contributed by atoms with van der Waals surface area (Å²) in [5.74, 6) is -4.81. The highest BCUT2D eigenvalue weighted by molar-refractivity contribution is 5.93. The second kappa shape index (κ2) is 7.22. The van der Waals surface area contributed by atoms with Crippen molar-refractivity contribution in [1.82, 2.24) is 4.98 Å². The summed E-state index contributed by atoms with van der Waals surface area (Å²) in [5.41, 5.74) is -2.51. The second-order valence-corrected chi connectivity index (χ2v) is 5.18. The molecule has 0 saturated carbocycles. The van der Waals surface area contributed by atoms with Crippen molar-refractivity contribution in [3.8, 4) is 11.5 Å². The molecule has 0 radical (unpaired) electrons. The number of esters is 1. The van der Waals surface area contributed by atoms with Crippen molar-refractivity contribution in [2.75, 3.05) is 6.61 Å². The van der Waals surface area contributed by atoms with Crippen LogP contribution in [0.15, 0.2) is 18.3 Å². The van der Waals surface area contributed by atoms with Gasteiger partial charge in [-0.1, -0.05) is 0 Å². The summed E-state index contributed by atoms with van der Waals surface area (Å²) in [6.45, 7) is 2.52. The fraction of sp³-hybridized carbons (Fsp3) is 0.312. The topological polar surface area (TPSA) is 52.3 Å². The number of rotatable bonds is 4. The van der Waals surface area contributed by atoms with Gasteiger partial charge in [-0.3, -0.25) is 0 Å². The smallest absolute Gasteiger partial charge is 0.462 e. The van der Waals surface area contributed by atoms with Crippen LogP contribution < -0.4 is 9.30 Å². The van der Waals surface area contributed by atoms with E-state index in [-0.39, 0.29) is 18.1 Å². The number of carbonyl (C=O) groups excluding carboxylic acids is 1. The molecule has 0 unspecified atom stereocenters. The Bertz CT molecular complexity index is 853. The lowest BCUT2D eigenvalue weighted by Crippen LogP contribution is -2.40. The van der Waals surface area contributed by atoms with Gasteiger partial charge in [0.05, 0.1) is 12.3 Å². The zero-order chi connectivity index (χ0) is 19.6. The standard InChI is InChI=1S/C16H14F5N2O3/c1-4-25-15(24)12-9(17)7-23(3)14(16(19,20)21)13(12)26-10-5-6-11(18)22-8(10)2/h5-7H,4H2,1-3H3/q+1. The zero-order valence-corrected chi connectivity index (χ0v) is 13.9. The summed E-state index contributed by atoms with van der Waals surface area (Å²) in [6, 6.07) is 1.89. The SMILES string of the molecule is CCOC(=O)c1c(F)c[n+](C)c(C(F)(F)F)c1Oc1ccc(F)nc1C. The van der Waals surface area contributed by atoms with Gasteiger partial charge in [0.1, 0.15) is 12.8 Å². The molecule has 10 heteroatoms. The lowest BCUT2D eigenvalue weighted by atomic mass is 10.1. The molecular formula is C16H14F5N2O3+. The molecule has 0 spiro atoms. The van der Waals surface area contributed by atoms with E-state index in [1.54, 1.807) is 0 Å². The van der Waals surface area contributed by atoms with Gasteiger partial charge in [0.2, 0.25) is 23.7 Å². The van der Waals surface area contributed by atoms with Crippen molar-refractivity contribution in [3.05, 3.63) is 47.0 Å². The third-order valence-electron chi connectivity index (χ3n) is 3.30. The highest BCUT2D eigenvalue weighted by atomic mass is 19.4. The van der Waals surface area contributed by atoms with Crippen LogP contribution in [0.1, 0.15) is 28.7 Å². The van der Waals surface area contributed by atoms with E-state index in [0.717, 1.165) is 19.2 Å². The Morgan fingerprint density at radius 2 is 1.92 bits per heavy atom. The van der Waals surface area contributed by atoms with Crippen LogP contribution in [-0.4, -0.2) is 17.6 Å². The number of carbonyl (C=O) groups is 1. The number of hydrogen-bond donors (Lipinski definition) is 0. The van der Waals surface area contributed by atoms with Gasteiger partial charge in [0, 0.05) is 0 Å². The van der Waals surface area contributed by atoms with Crippen LogP contribution in [0.25, 0.3) is 0 Å². The first-order valence-electron chi connectivity index (χ1n) is 7.33. The largest absolute Gasteiger partial charge is 0.481 e. The molecule has 0 aliphatic rings. The van der Waals surface area contributed by atoms with E-state index in [1.807, 2.05) is 0 Å². The molecule has 0 N–H and O–H groups in total. The molecule has 0 bridgehead atoms. The Morgan fingerprint density at radius 3 is 2.46 bits per heavy atom. The van der Waals surface area contributed by atoms with Crippen LogP contribution in [-0.2, 0) is 18.0 Å². The average molecular weight is 377 g/mol. The molecule has 0 aromatic carbocycles. The van der Waals surface area contributed by atoms with E-state index in [1.165, 1.54) is 13.8 Å². The van der Waals surface area contributed by atoms with Crippen LogP contribution in [0.3, 0.4) is 0 Å². The summed E-state index contributed by atoms with van der Waals surface area (Å²) >= 11 is 0. The molecule has 26 heavy (non-hydrogen) atoms. The molecule has 0 atom stereocenters. The normalized spacial score (nSPS) is 11.4. The number of nitrogens with zero attached hydrogens (tertiary/aromatic N) is 2. The molecule has 0 amide bonds. The van der Waals surface area contributed by atoms with E-state index < -0.39 is 40.9 Å². The molecule has 2 rings (SSSR count). The maximum Gasteiger partial charge on any atom is 0.481 e. The summed E-state index contributed by atoms with van der Waals surface area (Å²) in [4.78, 5) is 15.4. The number of aromatic nitrogens is 2. The Morgan fingerprint density at radius 1 is 1.27 bits per heavy atom. The Balaban J connectivity index is 2.75. The number of halogens is 5. The van der Waals surface area contributed by atoms with E-state index in [0.29, 0.717) is 10.8 Å². The third-order valence-corrected chi connectivity index (χ3v) is 3.30. The van der Waals surface area contributed by atoms with E-state index in [4.69, 9.17) is 4.74 Å². The summed E-state index contributed by atoms with van der Waals surface area (Å²) in [5, 5.41) is 0. The van der Waals surface area contributed by atoms with Crippen LogP contribution in [0, 0.1) is 18.7 Å². The van der Waals surface area contributed by atoms with E-state index in [2.05, 4.69) is 9.72 Å². The summed E-state index contributed by atoms with van der Waals surface area (Å²) < 4.78 is 78.1. The molecule has 2 aromatic rings. The van der Waals surface area contributed by atoms with Crippen molar-refractivity contribution in [3.63, 3.8) is 0 Å². The minimum Gasteiger partial charge on any atom is -0.462 e. The molecule has 140 valence electrons. The predicted molar refractivity (Wildman–Crippen MR) is 77.5 cm³/mol. The Hall–Kier alpha value is -2.78. The third kappa shape index (κ3) is 3.89. The molecule has 2 aromatic heterocycles. The Kier molecular flexibility index (Phi) is 5.43. The molecule has 0 aliphatic heterocycles. The van der Waals surface area contributed by atoms with E-state index in [9.17, 15) is 26.7 Å². The van der Waals surface area contributed by atoms with Gasteiger partial charge in [-0.25, -0.2) is 9.78 Å². The monoisotopic (exact) mass is 377 g/mol. The van der Waals surface area contributed by atoms with Crippen molar-refractivity contribution in [1.29, 1.82) is 0 Å². The van der Waals surface area contributed by atoms with Crippen LogP contribution in [0.5, 0.6) is 11.5 Å². The number of alkyl halides is 3. The minimum absolute atomic E-state index is 0.0835. The highest BCUT2D eigenvalue weighted by Crippen LogP contribution is 2.39. The molecule has 0 aliphatic carbocycles. The number of ether oxygens (including phenoxy) is 2. The van der Waals surface area contributed by atoms with Crippen molar-refractivity contribution < 1.29 is 40.8 Å². The lowest BCUT2D eigenvalue weighted by Gasteiger charge is -2.15. The zero-order valence-electron chi connectivity index (χ0n) is 13.9. The predicted octanol–water partition coefficient (Wildman–Crippen LogP) is 3.48. The lowest BCUT2D eigenvalue weighted by molar-refractivity contribution is -0.692. The van der Waals surface area contributed by atoms with Crippen molar-refractivity contribution in [2.24, 2.45) is 7.05 Å². The quantitative estimate of drug-likeness (QED) is 0.354. The van der Waals surface area contributed by atoms with Gasteiger partial charge < -0.3 is 9.47 Å². The van der Waals surface area contributed by atoms with Gasteiger partial charge in [0.25, 0.3) is 0 Å². The van der Waals surface area contributed by atoms with Crippen molar-refractivity contribution >= 4 is 5.97 Å². The molecule has 0 fully saturated rings. The van der Waals surface area contributed by atoms with Gasteiger partial charge >= 0.3 is 17.8 Å². The Labute approximate surface area is 145 Å². The van der Waals surface area contributed by atoms with Gasteiger partial charge in [-0.15, -0.1) is 0 Å². The van der Waals surface area contributed by atoms with Crippen molar-refractivity contribution in [2.45, 2.75) is 20.0 Å². The van der Waals surface area contributed by atoms with Gasteiger partial charge in [-0.05, 0) is 26.0 Å². The fourth-order valence-electron chi connectivity index (χ4n) is 2.24. The average Bonchev–Trinajstić information content (AvgIpc) is 2.48. The maximum absolute atomic E-state index is 14.3.